The topological polar surface area (TPSA) is 106 Å². The maximum absolute atomic E-state index is 12.6. The lowest BCUT2D eigenvalue weighted by atomic mass is 10.1. The summed E-state index contributed by atoms with van der Waals surface area (Å²) in [7, 11) is -3.66. The molecule has 0 radical (unpaired) electrons. The quantitative estimate of drug-likeness (QED) is 0.859. The highest BCUT2D eigenvalue weighted by Crippen LogP contribution is 2.25. The van der Waals surface area contributed by atoms with Crippen LogP contribution in [-0.4, -0.2) is 33.2 Å². The van der Waals surface area contributed by atoms with Gasteiger partial charge in [0.1, 0.15) is 11.6 Å². The summed E-state index contributed by atoms with van der Waals surface area (Å²) in [6.45, 7) is 6.68. The van der Waals surface area contributed by atoms with E-state index in [4.69, 9.17) is 0 Å². The highest BCUT2D eigenvalue weighted by atomic mass is 32.2. The summed E-state index contributed by atoms with van der Waals surface area (Å²) in [6, 6.07) is -0.354. The van der Waals surface area contributed by atoms with Crippen LogP contribution in [0.5, 0.6) is 0 Å². The van der Waals surface area contributed by atoms with E-state index in [0.717, 1.165) is 25.2 Å². The Kier molecular flexibility index (Phi) is 4.24. The molecule has 3 rings (SSSR count). The maximum atomic E-state index is 12.6. The third-order valence-corrected chi connectivity index (χ3v) is 5.32. The van der Waals surface area contributed by atoms with Crippen LogP contribution in [0.15, 0.2) is 11.2 Å². The van der Waals surface area contributed by atoms with E-state index in [-0.39, 0.29) is 17.0 Å². The molecular weight excluding hydrogens is 316 g/mol. The number of rotatable bonds is 5. The molecule has 9 heteroatoms. The van der Waals surface area contributed by atoms with Crippen LogP contribution in [0, 0.1) is 0 Å². The molecule has 23 heavy (non-hydrogen) atoms. The highest BCUT2D eigenvalue weighted by Gasteiger charge is 2.29. The van der Waals surface area contributed by atoms with Crippen molar-refractivity contribution in [2.75, 3.05) is 0 Å². The van der Waals surface area contributed by atoms with Crippen LogP contribution in [0.3, 0.4) is 0 Å². The number of fused-ring (bicyclic) bond motifs is 1. The van der Waals surface area contributed by atoms with Gasteiger partial charge in [0, 0.05) is 18.9 Å². The molecule has 2 aromatic rings. The van der Waals surface area contributed by atoms with Crippen molar-refractivity contribution in [3.8, 4) is 0 Å². The van der Waals surface area contributed by atoms with Crippen molar-refractivity contribution >= 4 is 10.0 Å². The number of imidazole rings is 1. The molecule has 0 saturated carbocycles. The van der Waals surface area contributed by atoms with E-state index in [1.54, 1.807) is 0 Å². The zero-order valence-corrected chi connectivity index (χ0v) is 14.4. The molecule has 0 spiro atoms. The van der Waals surface area contributed by atoms with Crippen molar-refractivity contribution in [3.05, 3.63) is 23.7 Å². The molecule has 0 amide bonds. The predicted molar refractivity (Wildman–Crippen MR) is 84.4 cm³/mol. The molecule has 0 aromatic carbocycles. The maximum Gasteiger partial charge on any atom is 0.258 e. The first kappa shape index (κ1) is 16.1. The van der Waals surface area contributed by atoms with E-state index in [1.165, 1.54) is 6.20 Å². The Morgan fingerprint density at radius 2 is 2.26 bits per heavy atom. The zero-order valence-electron chi connectivity index (χ0n) is 13.6. The van der Waals surface area contributed by atoms with Crippen LogP contribution in [0.2, 0.25) is 0 Å². The summed E-state index contributed by atoms with van der Waals surface area (Å²) in [5.41, 5.74) is 0. The molecule has 0 saturated heterocycles. The Balaban J connectivity index is 1.85. The Labute approximate surface area is 135 Å². The van der Waals surface area contributed by atoms with Crippen LogP contribution in [0.4, 0.5) is 0 Å². The fraction of sp³-hybridized carbons (Fsp3) is 0.643. The Morgan fingerprint density at radius 1 is 1.48 bits per heavy atom. The minimum atomic E-state index is -3.66. The van der Waals surface area contributed by atoms with Crippen LogP contribution in [-0.2, 0) is 23.0 Å². The van der Waals surface area contributed by atoms with Gasteiger partial charge in [0.15, 0.2) is 10.9 Å². The van der Waals surface area contributed by atoms with Gasteiger partial charge in [0.25, 0.3) is 10.0 Å². The first-order chi connectivity index (χ1) is 10.9. The Morgan fingerprint density at radius 3 is 2.91 bits per heavy atom. The van der Waals surface area contributed by atoms with E-state index in [9.17, 15) is 8.42 Å². The smallest absolute Gasteiger partial charge is 0.258 e. The number of hydrogen-bond acceptors (Lipinski definition) is 5. The second-order valence-electron chi connectivity index (χ2n) is 6.07. The lowest BCUT2D eigenvalue weighted by molar-refractivity contribution is 0.399. The molecule has 1 aliphatic heterocycles. The van der Waals surface area contributed by atoms with E-state index in [0.29, 0.717) is 18.1 Å². The summed E-state index contributed by atoms with van der Waals surface area (Å²) < 4.78 is 29.7. The fourth-order valence-corrected chi connectivity index (χ4v) is 3.82. The lowest BCUT2D eigenvalue weighted by Crippen LogP contribution is -2.33. The van der Waals surface area contributed by atoms with Gasteiger partial charge in [-0.05, 0) is 12.8 Å². The Bertz CT molecular complexity index is 792. The largest absolute Gasteiger partial charge is 0.332 e. The molecule has 126 valence electrons. The zero-order chi connectivity index (χ0) is 16.6. The van der Waals surface area contributed by atoms with E-state index in [2.05, 4.69) is 24.8 Å². The van der Waals surface area contributed by atoms with Gasteiger partial charge in [-0.1, -0.05) is 20.8 Å². The van der Waals surface area contributed by atoms with Crippen molar-refractivity contribution in [2.45, 2.75) is 63.6 Å². The summed E-state index contributed by atoms with van der Waals surface area (Å²) in [4.78, 5) is 11.5. The summed E-state index contributed by atoms with van der Waals surface area (Å²) >= 11 is 0. The molecular formula is C14H22N6O2S. The highest BCUT2D eigenvalue weighted by molar-refractivity contribution is 7.89. The standard InChI is InChI=1S/C14H22N6O2S/c1-4-11-16-14-10(6-5-7-20(14)18-11)19-23(21,22)12-8-15-13(17-12)9(2)3/h8-10,19H,4-7H2,1-3H3,(H,15,17)/t10-/m0/s1. The number of nitrogens with one attached hydrogen (secondary N) is 2. The van der Waals surface area contributed by atoms with Gasteiger partial charge in [-0.2, -0.15) is 9.82 Å². The van der Waals surface area contributed by atoms with E-state index < -0.39 is 10.0 Å². The van der Waals surface area contributed by atoms with Crippen molar-refractivity contribution in [1.82, 2.24) is 29.5 Å². The van der Waals surface area contributed by atoms with Crippen molar-refractivity contribution in [2.24, 2.45) is 0 Å². The molecule has 2 aromatic heterocycles. The second-order valence-corrected chi connectivity index (χ2v) is 7.75. The van der Waals surface area contributed by atoms with Crippen LogP contribution >= 0.6 is 0 Å². The first-order valence-electron chi connectivity index (χ1n) is 7.91. The normalized spacial score (nSPS) is 18.3. The van der Waals surface area contributed by atoms with E-state index in [1.807, 2.05) is 25.5 Å². The molecule has 1 aliphatic rings. The number of hydrogen-bond donors (Lipinski definition) is 2. The lowest BCUT2D eigenvalue weighted by Gasteiger charge is -2.22. The van der Waals surface area contributed by atoms with Crippen molar-refractivity contribution in [3.63, 3.8) is 0 Å². The van der Waals surface area contributed by atoms with Crippen LogP contribution < -0.4 is 4.72 Å². The number of H-pyrrole nitrogens is 1. The number of aromatic amines is 1. The number of aromatic nitrogens is 5. The van der Waals surface area contributed by atoms with Gasteiger partial charge in [0.2, 0.25) is 0 Å². The van der Waals surface area contributed by atoms with Crippen LogP contribution in [0.1, 0.15) is 63.0 Å². The van der Waals surface area contributed by atoms with Gasteiger partial charge < -0.3 is 4.98 Å². The summed E-state index contributed by atoms with van der Waals surface area (Å²) in [5.74, 6) is 2.24. The molecule has 2 N–H and O–H groups in total. The Hall–Kier alpha value is -1.74. The average Bonchev–Trinajstić information content (AvgIpc) is 3.14. The van der Waals surface area contributed by atoms with Crippen LogP contribution in [0.25, 0.3) is 0 Å². The monoisotopic (exact) mass is 338 g/mol. The molecule has 0 unspecified atom stereocenters. The molecule has 8 nitrogen and oxygen atoms in total. The molecule has 0 bridgehead atoms. The third-order valence-electron chi connectivity index (χ3n) is 3.94. The SMILES string of the molecule is CCc1nc2n(n1)CCC[C@@H]2NS(=O)(=O)c1cnc(C(C)C)[nH]1. The molecule has 3 heterocycles. The number of sulfonamides is 1. The van der Waals surface area contributed by atoms with E-state index >= 15 is 0 Å². The third kappa shape index (κ3) is 3.16. The van der Waals surface area contributed by atoms with Gasteiger partial charge >= 0.3 is 0 Å². The summed E-state index contributed by atoms with van der Waals surface area (Å²) in [5, 5.41) is 4.49. The van der Waals surface area contributed by atoms with Crippen molar-refractivity contribution in [1.29, 1.82) is 0 Å². The average molecular weight is 338 g/mol. The fourth-order valence-electron chi connectivity index (χ4n) is 2.66. The second kappa shape index (κ2) is 6.04. The predicted octanol–water partition coefficient (Wildman–Crippen LogP) is 1.50. The number of nitrogens with zero attached hydrogens (tertiary/aromatic N) is 4. The first-order valence-corrected chi connectivity index (χ1v) is 9.40. The van der Waals surface area contributed by atoms with Gasteiger partial charge in [-0.15, -0.1) is 0 Å². The minimum absolute atomic E-state index is 0.0913. The number of aryl methyl sites for hydroxylation is 2. The molecule has 1 atom stereocenters. The van der Waals surface area contributed by atoms with Crippen molar-refractivity contribution < 1.29 is 8.42 Å². The summed E-state index contributed by atoms with van der Waals surface area (Å²) in [6.07, 6.45) is 3.68. The van der Waals surface area contributed by atoms with Gasteiger partial charge in [-0.25, -0.2) is 23.1 Å². The molecule has 0 fully saturated rings. The van der Waals surface area contributed by atoms with Gasteiger partial charge in [-0.3, -0.25) is 0 Å². The minimum Gasteiger partial charge on any atom is -0.332 e. The molecule has 0 aliphatic carbocycles. The van der Waals surface area contributed by atoms with Gasteiger partial charge in [0.05, 0.1) is 12.2 Å².